The van der Waals surface area contributed by atoms with Crippen molar-refractivity contribution < 1.29 is 18.4 Å². The first-order valence-electron chi connectivity index (χ1n) is 8.50. The van der Waals surface area contributed by atoms with Crippen molar-refractivity contribution in [3.8, 4) is 17.2 Å². The Morgan fingerprint density at radius 1 is 1.12 bits per heavy atom. The van der Waals surface area contributed by atoms with E-state index in [1.807, 2.05) is 39.8 Å². The van der Waals surface area contributed by atoms with Crippen LogP contribution in [0.2, 0.25) is 0 Å². The van der Waals surface area contributed by atoms with Gasteiger partial charge < -0.3 is 24.8 Å². The number of ether oxygens (including phenoxy) is 3. The summed E-state index contributed by atoms with van der Waals surface area (Å²) in [7, 11) is 3.77. The number of hydrogen-bond donors (Lipinski definition) is 2. The molecular weight excluding hydrogens is 354 g/mol. The van der Waals surface area contributed by atoms with Crippen LogP contribution in [0.15, 0.2) is 17.1 Å². The average molecular weight is 386 g/mol. The molecule has 0 bridgehead atoms. The molecule has 0 spiro atoms. The number of aliphatic imine (C=N–C) groups is 1. The predicted molar refractivity (Wildman–Crippen MR) is 108 cm³/mol. The number of methoxy groups -OCH3 is 3. The molecule has 0 amide bonds. The number of anilines is 1. The number of nitrogens with zero attached hydrogens (tertiary/aromatic N) is 1. The Bertz CT molecular complexity index is 617. The summed E-state index contributed by atoms with van der Waals surface area (Å²) < 4.78 is 28.0. The highest BCUT2D eigenvalue weighted by molar-refractivity contribution is 7.86. The Morgan fingerprint density at radius 2 is 1.69 bits per heavy atom. The topological polar surface area (TPSA) is 81.2 Å². The van der Waals surface area contributed by atoms with Gasteiger partial charge in [-0.2, -0.15) is 0 Å². The van der Waals surface area contributed by atoms with E-state index < -0.39 is 10.8 Å². The number of hydrogen-bond acceptors (Lipinski definition) is 5. The van der Waals surface area contributed by atoms with Gasteiger partial charge in [-0.15, -0.1) is 0 Å². The Morgan fingerprint density at radius 3 is 2.12 bits per heavy atom. The maximum Gasteiger partial charge on any atom is 0.203 e. The Labute approximate surface area is 159 Å². The molecule has 0 saturated heterocycles. The molecule has 0 heterocycles. The molecule has 1 atom stereocenters. The second-order valence-corrected chi connectivity index (χ2v) is 8.79. The minimum Gasteiger partial charge on any atom is -0.493 e. The van der Waals surface area contributed by atoms with Gasteiger partial charge in [-0.25, -0.2) is 0 Å². The van der Waals surface area contributed by atoms with Crippen LogP contribution in [-0.4, -0.2) is 55.1 Å². The molecule has 0 fully saturated rings. The van der Waals surface area contributed by atoms with Crippen LogP contribution in [0.5, 0.6) is 17.2 Å². The monoisotopic (exact) mass is 385 g/mol. The summed E-state index contributed by atoms with van der Waals surface area (Å²) >= 11 is 0. The van der Waals surface area contributed by atoms with Gasteiger partial charge in [-0.1, -0.05) is 0 Å². The summed E-state index contributed by atoms with van der Waals surface area (Å²) in [4.78, 5) is 4.50. The lowest BCUT2D eigenvalue weighted by atomic mass is 10.2. The molecule has 1 aromatic carbocycles. The smallest absolute Gasteiger partial charge is 0.203 e. The van der Waals surface area contributed by atoms with Gasteiger partial charge in [0.2, 0.25) is 5.75 Å². The predicted octanol–water partition coefficient (Wildman–Crippen LogP) is 2.64. The fraction of sp³-hybridized carbons (Fsp3) is 0.611. The molecule has 7 nitrogen and oxygen atoms in total. The fourth-order valence-corrected chi connectivity index (χ4v) is 3.01. The number of nitrogens with one attached hydrogen (secondary N) is 2. The van der Waals surface area contributed by atoms with Crippen LogP contribution in [0, 0.1) is 0 Å². The van der Waals surface area contributed by atoms with Gasteiger partial charge in [0, 0.05) is 45.7 Å². The van der Waals surface area contributed by atoms with E-state index in [2.05, 4.69) is 15.6 Å². The Balaban J connectivity index is 2.96. The largest absolute Gasteiger partial charge is 0.493 e. The van der Waals surface area contributed by atoms with Gasteiger partial charge in [-0.05, 0) is 27.7 Å². The molecular formula is C18H31N3O4S. The molecule has 1 unspecified atom stereocenters. The molecule has 2 N–H and O–H groups in total. The number of benzene rings is 1. The minimum absolute atomic E-state index is 0.238. The van der Waals surface area contributed by atoms with Crippen LogP contribution in [-0.2, 0) is 10.8 Å². The summed E-state index contributed by atoms with van der Waals surface area (Å²) in [5.41, 5.74) is 0.746. The standard InChI is InChI=1S/C18H31N3O4S/c1-8-19-17(20-9-10-26(22)18(2,3)4)21-13-11-14(23-5)16(25-7)15(12-13)24-6/h11-12H,8-10H2,1-7H3,(H2,19,20,21). The molecule has 1 rings (SSSR count). The van der Waals surface area contributed by atoms with Crippen LogP contribution in [0.4, 0.5) is 5.69 Å². The summed E-state index contributed by atoms with van der Waals surface area (Å²) in [6.07, 6.45) is 0. The van der Waals surface area contributed by atoms with Crippen molar-refractivity contribution in [2.45, 2.75) is 32.4 Å². The maximum atomic E-state index is 12.2. The van der Waals surface area contributed by atoms with E-state index in [0.29, 0.717) is 42.1 Å². The summed E-state index contributed by atoms with van der Waals surface area (Å²) in [6.45, 7) is 9.05. The maximum absolute atomic E-state index is 12.2. The number of rotatable bonds is 8. The zero-order chi connectivity index (χ0) is 19.7. The van der Waals surface area contributed by atoms with Crippen LogP contribution < -0.4 is 24.8 Å². The lowest BCUT2D eigenvalue weighted by Crippen LogP contribution is -2.32. The molecule has 0 aliphatic rings. The minimum atomic E-state index is -0.938. The first-order chi connectivity index (χ1) is 12.3. The molecule has 0 saturated carbocycles. The summed E-state index contributed by atoms with van der Waals surface area (Å²) in [5.74, 6) is 2.75. The van der Waals surface area contributed by atoms with Gasteiger partial charge in [0.05, 0.1) is 27.9 Å². The van der Waals surface area contributed by atoms with E-state index >= 15 is 0 Å². The molecule has 0 aliphatic heterocycles. The second-order valence-electron chi connectivity index (χ2n) is 6.46. The molecule has 1 aromatic rings. The Hall–Kier alpha value is -1.96. The molecule has 0 aliphatic carbocycles. The van der Waals surface area contributed by atoms with Gasteiger partial charge in [0.15, 0.2) is 17.5 Å². The molecule has 0 radical (unpaired) electrons. The van der Waals surface area contributed by atoms with Crippen LogP contribution >= 0.6 is 0 Å². The average Bonchev–Trinajstić information content (AvgIpc) is 2.59. The van der Waals surface area contributed by atoms with E-state index in [0.717, 1.165) is 5.69 Å². The second kappa shape index (κ2) is 10.3. The van der Waals surface area contributed by atoms with Gasteiger partial charge >= 0.3 is 0 Å². The molecule has 8 heteroatoms. The lowest BCUT2D eigenvalue weighted by Gasteiger charge is -2.18. The van der Waals surface area contributed by atoms with E-state index in [1.165, 1.54) is 0 Å². The van der Waals surface area contributed by atoms with Gasteiger partial charge in [0.25, 0.3) is 0 Å². The van der Waals surface area contributed by atoms with Crippen molar-refractivity contribution >= 4 is 22.4 Å². The lowest BCUT2D eigenvalue weighted by molar-refractivity contribution is 0.324. The first kappa shape index (κ1) is 22.1. The highest BCUT2D eigenvalue weighted by Gasteiger charge is 2.18. The highest BCUT2D eigenvalue weighted by atomic mass is 32.2. The van der Waals surface area contributed by atoms with Crippen molar-refractivity contribution in [3.05, 3.63) is 12.1 Å². The van der Waals surface area contributed by atoms with E-state index in [1.54, 1.807) is 21.3 Å². The van der Waals surface area contributed by atoms with Crippen molar-refractivity contribution in [1.29, 1.82) is 0 Å². The van der Waals surface area contributed by atoms with E-state index in [4.69, 9.17) is 14.2 Å². The quantitative estimate of drug-likeness (QED) is 0.529. The van der Waals surface area contributed by atoms with Crippen molar-refractivity contribution in [2.24, 2.45) is 4.99 Å². The zero-order valence-corrected chi connectivity index (χ0v) is 17.6. The Kier molecular flexibility index (Phi) is 8.71. The van der Waals surface area contributed by atoms with Crippen LogP contribution in [0.1, 0.15) is 27.7 Å². The molecule has 26 heavy (non-hydrogen) atoms. The highest BCUT2D eigenvalue weighted by Crippen LogP contribution is 2.39. The third-order valence-corrected chi connectivity index (χ3v) is 5.42. The van der Waals surface area contributed by atoms with E-state index in [-0.39, 0.29) is 4.75 Å². The van der Waals surface area contributed by atoms with Crippen molar-refractivity contribution in [2.75, 3.05) is 45.5 Å². The summed E-state index contributed by atoms with van der Waals surface area (Å²) in [6, 6.07) is 3.61. The van der Waals surface area contributed by atoms with Gasteiger partial charge in [-0.3, -0.25) is 9.20 Å². The number of guanidine groups is 1. The first-order valence-corrected chi connectivity index (χ1v) is 9.82. The van der Waals surface area contributed by atoms with Crippen LogP contribution in [0.3, 0.4) is 0 Å². The van der Waals surface area contributed by atoms with E-state index in [9.17, 15) is 4.21 Å². The van der Waals surface area contributed by atoms with Gasteiger partial charge in [0.1, 0.15) is 0 Å². The fourth-order valence-electron chi connectivity index (χ4n) is 2.14. The molecule has 0 aromatic heterocycles. The zero-order valence-electron chi connectivity index (χ0n) is 16.8. The third-order valence-electron chi connectivity index (χ3n) is 3.50. The van der Waals surface area contributed by atoms with Crippen LogP contribution in [0.25, 0.3) is 0 Å². The van der Waals surface area contributed by atoms with Crippen molar-refractivity contribution in [3.63, 3.8) is 0 Å². The van der Waals surface area contributed by atoms with Crippen molar-refractivity contribution in [1.82, 2.24) is 5.32 Å². The normalized spacial score (nSPS) is 13.1. The third kappa shape index (κ3) is 6.40. The molecule has 148 valence electrons. The summed E-state index contributed by atoms with van der Waals surface area (Å²) in [5, 5.41) is 6.39. The SMILES string of the molecule is CCNC(=NCCS(=O)C(C)(C)C)Nc1cc(OC)c(OC)c(OC)c1.